The van der Waals surface area contributed by atoms with E-state index in [0.717, 1.165) is 22.6 Å². The Labute approximate surface area is 110 Å². The van der Waals surface area contributed by atoms with E-state index in [1.54, 1.807) is 24.5 Å². The topological polar surface area (TPSA) is 38.3 Å². The van der Waals surface area contributed by atoms with Gasteiger partial charge in [0.05, 0.1) is 12.7 Å². The molecule has 0 aliphatic rings. The van der Waals surface area contributed by atoms with E-state index in [1.165, 1.54) is 4.88 Å². The van der Waals surface area contributed by atoms with Crippen LogP contribution in [0.15, 0.2) is 29.6 Å². The lowest BCUT2D eigenvalue weighted by atomic mass is 10.1. The molecule has 1 heterocycles. The Bertz CT molecular complexity index is 575. The molecule has 0 aliphatic carbocycles. The average molecular weight is 261 g/mol. The summed E-state index contributed by atoms with van der Waals surface area (Å²) in [7, 11) is 1.60. The molecule has 0 saturated heterocycles. The largest absolute Gasteiger partial charge is 0.497 e. The van der Waals surface area contributed by atoms with E-state index >= 15 is 0 Å². The number of methoxy groups -OCH3 is 1. The molecule has 2 aromatic rings. The summed E-state index contributed by atoms with van der Waals surface area (Å²) in [5.41, 5.74) is 2.52. The predicted octanol–water partition coefficient (Wildman–Crippen LogP) is 3.63. The second-order valence-electron chi connectivity index (χ2n) is 4.02. The molecule has 4 heteroatoms. The van der Waals surface area contributed by atoms with Crippen molar-refractivity contribution < 1.29 is 9.53 Å². The molecule has 1 amide bonds. The van der Waals surface area contributed by atoms with Crippen molar-refractivity contribution in [1.82, 2.24) is 0 Å². The van der Waals surface area contributed by atoms with Crippen molar-refractivity contribution in [2.45, 2.75) is 13.8 Å². The molecule has 2 rings (SSSR count). The second kappa shape index (κ2) is 5.23. The van der Waals surface area contributed by atoms with Crippen LogP contribution in [-0.2, 0) is 0 Å². The molecule has 0 saturated carbocycles. The van der Waals surface area contributed by atoms with Gasteiger partial charge in [-0.25, -0.2) is 0 Å². The van der Waals surface area contributed by atoms with Gasteiger partial charge in [0.25, 0.3) is 5.91 Å². The van der Waals surface area contributed by atoms with E-state index in [2.05, 4.69) is 5.32 Å². The zero-order chi connectivity index (χ0) is 13.1. The van der Waals surface area contributed by atoms with Crippen molar-refractivity contribution in [2.24, 2.45) is 0 Å². The van der Waals surface area contributed by atoms with Gasteiger partial charge in [-0.05, 0) is 31.5 Å². The van der Waals surface area contributed by atoms with Gasteiger partial charge < -0.3 is 10.1 Å². The van der Waals surface area contributed by atoms with E-state index in [-0.39, 0.29) is 5.91 Å². The summed E-state index contributed by atoms with van der Waals surface area (Å²) in [5.74, 6) is 0.649. The van der Waals surface area contributed by atoms with E-state index < -0.39 is 0 Å². The first kappa shape index (κ1) is 12.6. The fourth-order valence-corrected chi connectivity index (χ4v) is 2.50. The molecule has 0 aliphatic heterocycles. The van der Waals surface area contributed by atoms with Crippen LogP contribution in [0.1, 0.15) is 20.8 Å². The average Bonchev–Trinajstić information content (AvgIpc) is 2.70. The number of hydrogen-bond donors (Lipinski definition) is 1. The van der Waals surface area contributed by atoms with Crippen molar-refractivity contribution in [1.29, 1.82) is 0 Å². The fraction of sp³-hybridized carbons (Fsp3) is 0.214. The van der Waals surface area contributed by atoms with E-state index in [1.807, 2.05) is 37.4 Å². The Morgan fingerprint density at radius 2 is 2.11 bits per heavy atom. The molecule has 1 N–H and O–H groups in total. The van der Waals surface area contributed by atoms with Gasteiger partial charge in [-0.1, -0.05) is 6.07 Å². The van der Waals surface area contributed by atoms with Gasteiger partial charge in [-0.15, -0.1) is 11.3 Å². The molecule has 1 aromatic carbocycles. The van der Waals surface area contributed by atoms with Crippen molar-refractivity contribution >= 4 is 22.9 Å². The zero-order valence-electron chi connectivity index (χ0n) is 10.6. The van der Waals surface area contributed by atoms with E-state index in [0.29, 0.717) is 0 Å². The molecule has 18 heavy (non-hydrogen) atoms. The van der Waals surface area contributed by atoms with Crippen molar-refractivity contribution in [2.75, 3.05) is 12.4 Å². The van der Waals surface area contributed by atoms with Crippen molar-refractivity contribution in [3.8, 4) is 5.75 Å². The highest BCUT2D eigenvalue weighted by Gasteiger charge is 2.12. The Morgan fingerprint density at radius 3 is 2.72 bits per heavy atom. The third-order valence-electron chi connectivity index (χ3n) is 2.86. The minimum atomic E-state index is -0.0786. The highest BCUT2D eigenvalue weighted by atomic mass is 32.1. The number of carbonyl (C=O) groups is 1. The summed E-state index contributed by atoms with van der Waals surface area (Å²) < 4.78 is 5.12. The van der Waals surface area contributed by atoms with Gasteiger partial charge >= 0.3 is 0 Å². The number of thiophene rings is 1. The number of rotatable bonds is 3. The summed E-state index contributed by atoms with van der Waals surface area (Å²) in [6.45, 7) is 3.98. The number of ether oxygens (including phenoxy) is 1. The summed E-state index contributed by atoms with van der Waals surface area (Å²) in [6, 6.07) is 7.33. The lowest BCUT2D eigenvalue weighted by Gasteiger charge is -2.06. The fourth-order valence-electron chi connectivity index (χ4n) is 1.64. The molecule has 1 aromatic heterocycles. The van der Waals surface area contributed by atoms with Crippen LogP contribution < -0.4 is 10.1 Å². The number of amides is 1. The number of aryl methyl sites for hydroxylation is 1. The molecule has 0 unspecified atom stereocenters. The first-order valence-electron chi connectivity index (χ1n) is 5.62. The van der Waals surface area contributed by atoms with Crippen LogP contribution in [-0.4, -0.2) is 13.0 Å². The minimum Gasteiger partial charge on any atom is -0.497 e. The molecule has 0 spiro atoms. The van der Waals surface area contributed by atoms with Gasteiger partial charge in [-0.3, -0.25) is 4.79 Å². The normalized spacial score (nSPS) is 10.2. The number of carbonyl (C=O) groups excluding carboxylic acids is 1. The maximum absolute atomic E-state index is 12.1. The van der Waals surface area contributed by atoms with Gasteiger partial charge in [0.2, 0.25) is 0 Å². The van der Waals surface area contributed by atoms with Crippen molar-refractivity contribution in [3.05, 3.63) is 45.6 Å². The minimum absolute atomic E-state index is 0.0786. The zero-order valence-corrected chi connectivity index (χ0v) is 11.4. The monoisotopic (exact) mass is 261 g/mol. The number of anilines is 1. The van der Waals surface area contributed by atoms with Gasteiger partial charge in [0, 0.05) is 22.0 Å². The Kier molecular flexibility index (Phi) is 3.67. The van der Waals surface area contributed by atoms with E-state index in [9.17, 15) is 4.79 Å². The lowest BCUT2D eigenvalue weighted by molar-refractivity contribution is 0.102. The summed E-state index contributed by atoms with van der Waals surface area (Å²) in [5, 5.41) is 4.76. The van der Waals surface area contributed by atoms with Crippen LogP contribution in [0.25, 0.3) is 0 Å². The first-order chi connectivity index (χ1) is 8.61. The predicted molar refractivity (Wildman–Crippen MR) is 74.7 cm³/mol. The lowest BCUT2D eigenvalue weighted by Crippen LogP contribution is -2.12. The SMILES string of the molecule is COc1cccc(NC(=O)c2csc(C)c2C)c1. The Morgan fingerprint density at radius 1 is 1.33 bits per heavy atom. The third kappa shape index (κ3) is 2.54. The summed E-state index contributed by atoms with van der Waals surface area (Å²) in [4.78, 5) is 13.3. The molecule has 3 nitrogen and oxygen atoms in total. The second-order valence-corrected chi connectivity index (χ2v) is 5.10. The number of nitrogens with one attached hydrogen (secondary N) is 1. The van der Waals surface area contributed by atoms with E-state index in [4.69, 9.17) is 4.74 Å². The number of hydrogen-bond acceptors (Lipinski definition) is 3. The van der Waals surface area contributed by atoms with Crippen LogP contribution >= 0.6 is 11.3 Å². The van der Waals surface area contributed by atoms with Crippen LogP contribution in [0.2, 0.25) is 0 Å². The highest BCUT2D eigenvalue weighted by Crippen LogP contribution is 2.22. The Balaban J connectivity index is 2.18. The number of benzene rings is 1. The van der Waals surface area contributed by atoms with Gasteiger partial charge in [0.1, 0.15) is 5.75 Å². The molecule has 0 fully saturated rings. The van der Waals surface area contributed by atoms with Gasteiger partial charge in [-0.2, -0.15) is 0 Å². The molecule has 0 radical (unpaired) electrons. The highest BCUT2D eigenvalue weighted by molar-refractivity contribution is 7.10. The maximum atomic E-state index is 12.1. The van der Waals surface area contributed by atoms with Crippen LogP contribution in [0.5, 0.6) is 5.75 Å². The third-order valence-corrected chi connectivity index (χ3v) is 3.87. The first-order valence-corrected chi connectivity index (χ1v) is 6.50. The molecule has 0 atom stereocenters. The van der Waals surface area contributed by atoms with Crippen LogP contribution in [0, 0.1) is 13.8 Å². The van der Waals surface area contributed by atoms with Crippen LogP contribution in [0.3, 0.4) is 0 Å². The molecule has 94 valence electrons. The summed E-state index contributed by atoms with van der Waals surface area (Å²) >= 11 is 1.59. The quantitative estimate of drug-likeness (QED) is 0.916. The molecule has 0 bridgehead atoms. The summed E-state index contributed by atoms with van der Waals surface area (Å²) in [6.07, 6.45) is 0. The molecular formula is C14H15NO2S. The standard InChI is InChI=1S/C14H15NO2S/c1-9-10(2)18-8-13(9)14(16)15-11-5-4-6-12(7-11)17-3/h4-8H,1-3H3,(H,15,16). The Hall–Kier alpha value is -1.81. The smallest absolute Gasteiger partial charge is 0.256 e. The maximum Gasteiger partial charge on any atom is 0.256 e. The van der Waals surface area contributed by atoms with Gasteiger partial charge in [0.15, 0.2) is 0 Å². The van der Waals surface area contributed by atoms with Crippen LogP contribution in [0.4, 0.5) is 5.69 Å². The van der Waals surface area contributed by atoms with Crippen molar-refractivity contribution in [3.63, 3.8) is 0 Å². The molecular weight excluding hydrogens is 246 g/mol.